The number of hydrogen-bond acceptors (Lipinski definition) is 3. The van der Waals surface area contributed by atoms with Crippen molar-refractivity contribution in [3.05, 3.63) is 53.5 Å². The average molecular weight is 327 g/mol. The Morgan fingerprint density at radius 1 is 1.17 bits per heavy atom. The molecule has 0 aliphatic heterocycles. The molecular formula is C16H16F3NO3. The zero-order valence-corrected chi connectivity index (χ0v) is 12.6. The summed E-state index contributed by atoms with van der Waals surface area (Å²) in [7, 11) is 0. The van der Waals surface area contributed by atoms with Gasteiger partial charge in [-0.05, 0) is 37.6 Å². The van der Waals surface area contributed by atoms with E-state index in [0.717, 1.165) is 6.07 Å². The number of nitrogens with one attached hydrogen (secondary N) is 1. The molecule has 2 rings (SSSR count). The largest absolute Gasteiger partial charge is 0.463 e. The van der Waals surface area contributed by atoms with Gasteiger partial charge in [-0.25, -0.2) is 0 Å². The minimum atomic E-state index is -5.06. The number of aliphatic hydroxyl groups is 1. The molecule has 4 nitrogen and oxygen atoms in total. The molecule has 124 valence electrons. The molecule has 1 amide bonds. The van der Waals surface area contributed by atoms with Crippen LogP contribution in [0.25, 0.3) is 0 Å². The zero-order valence-electron chi connectivity index (χ0n) is 12.6. The third-order valence-corrected chi connectivity index (χ3v) is 3.45. The van der Waals surface area contributed by atoms with Crippen molar-refractivity contribution >= 4 is 11.6 Å². The maximum absolute atomic E-state index is 13.3. The van der Waals surface area contributed by atoms with Crippen LogP contribution in [-0.2, 0) is 10.4 Å². The fourth-order valence-corrected chi connectivity index (χ4v) is 2.12. The number of furan rings is 1. The van der Waals surface area contributed by atoms with E-state index in [4.69, 9.17) is 4.42 Å². The lowest BCUT2D eigenvalue weighted by Gasteiger charge is -2.28. The monoisotopic (exact) mass is 327 g/mol. The van der Waals surface area contributed by atoms with Crippen molar-refractivity contribution in [2.45, 2.75) is 32.0 Å². The predicted octanol–water partition coefficient (Wildman–Crippen LogP) is 3.68. The van der Waals surface area contributed by atoms with E-state index in [2.05, 4.69) is 5.32 Å². The Morgan fingerprint density at radius 2 is 1.83 bits per heavy atom. The normalized spacial score (nSPS) is 14.3. The van der Waals surface area contributed by atoms with Crippen molar-refractivity contribution in [3.8, 4) is 0 Å². The molecule has 23 heavy (non-hydrogen) atoms. The highest BCUT2D eigenvalue weighted by molar-refractivity contribution is 5.92. The summed E-state index contributed by atoms with van der Waals surface area (Å²) >= 11 is 0. The first-order chi connectivity index (χ1) is 10.6. The highest BCUT2D eigenvalue weighted by Gasteiger charge is 2.58. The molecule has 1 aromatic heterocycles. The highest BCUT2D eigenvalue weighted by atomic mass is 19.4. The minimum Gasteiger partial charge on any atom is -0.463 e. The van der Waals surface area contributed by atoms with E-state index in [-0.39, 0.29) is 5.76 Å². The minimum absolute atomic E-state index is 0.210. The van der Waals surface area contributed by atoms with Crippen molar-refractivity contribution < 1.29 is 27.5 Å². The number of hydrogen-bond donors (Lipinski definition) is 2. The van der Waals surface area contributed by atoms with E-state index in [9.17, 15) is 23.1 Å². The number of amides is 1. The molecule has 1 unspecified atom stereocenters. The van der Waals surface area contributed by atoms with Gasteiger partial charge in [-0.3, -0.25) is 4.79 Å². The summed E-state index contributed by atoms with van der Waals surface area (Å²) in [5.41, 5.74) is -2.29. The second-order valence-electron chi connectivity index (χ2n) is 5.31. The lowest BCUT2D eigenvalue weighted by atomic mass is 9.95. The molecule has 0 fully saturated rings. The van der Waals surface area contributed by atoms with E-state index >= 15 is 0 Å². The molecule has 0 bridgehead atoms. The average Bonchev–Trinajstić information content (AvgIpc) is 2.87. The summed E-state index contributed by atoms with van der Waals surface area (Å²) in [4.78, 5) is 12.0. The standard InChI is InChI=1S/C16H16F3NO3/c1-10-5-3-4-6-12(10)20-14(21)9-15(22,16(17,18)19)13-8-7-11(2)23-13/h3-8,22H,9H2,1-2H3,(H,20,21). The van der Waals surface area contributed by atoms with Gasteiger partial charge in [0.2, 0.25) is 11.5 Å². The molecule has 0 saturated heterocycles. The molecule has 0 spiro atoms. The maximum atomic E-state index is 13.3. The van der Waals surface area contributed by atoms with Crippen molar-refractivity contribution in [1.29, 1.82) is 0 Å². The first-order valence-corrected chi connectivity index (χ1v) is 6.85. The molecule has 1 aromatic carbocycles. The summed E-state index contributed by atoms with van der Waals surface area (Å²) < 4.78 is 44.8. The molecule has 7 heteroatoms. The van der Waals surface area contributed by atoms with Crippen LogP contribution in [0.1, 0.15) is 23.5 Å². The van der Waals surface area contributed by atoms with Crippen LogP contribution in [0.3, 0.4) is 0 Å². The number of para-hydroxylation sites is 1. The van der Waals surface area contributed by atoms with Crippen LogP contribution in [0.4, 0.5) is 18.9 Å². The summed E-state index contributed by atoms with van der Waals surface area (Å²) in [6.45, 7) is 3.16. The summed E-state index contributed by atoms with van der Waals surface area (Å²) in [5, 5.41) is 12.4. The number of alkyl halides is 3. The summed E-state index contributed by atoms with van der Waals surface area (Å²) in [6.07, 6.45) is -6.25. The number of anilines is 1. The molecule has 2 aromatic rings. The number of halogens is 3. The lowest BCUT2D eigenvalue weighted by molar-refractivity contribution is -0.272. The lowest BCUT2D eigenvalue weighted by Crippen LogP contribution is -2.44. The van der Waals surface area contributed by atoms with Gasteiger partial charge in [-0.2, -0.15) is 13.2 Å². The molecule has 0 aliphatic rings. The first kappa shape index (κ1) is 17.1. The first-order valence-electron chi connectivity index (χ1n) is 6.85. The molecule has 2 N–H and O–H groups in total. The number of rotatable bonds is 4. The quantitative estimate of drug-likeness (QED) is 0.900. The van der Waals surface area contributed by atoms with E-state index in [1.54, 1.807) is 31.2 Å². The zero-order chi connectivity index (χ0) is 17.3. The van der Waals surface area contributed by atoms with E-state index in [0.29, 0.717) is 11.3 Å². The predicted molar refractivity (Wildman–Crippen MR) is 77.8 cm³/mol. The summed E-state index contributed by atoms with van der Waals surface area (Å²) in [6, 6.07) is 8.98. The van der Waals surface area contributed by atoms with Crippen LogP contribution in [0.2, 0.25) is 0 Å². The molecule has 0 saturated carbocycles. The van der Waals surface area contributed by atoms with E-state index in [1.165, 1.54) is 13.0 Å². The van der Waals surface area contributed by atoms with Crippen molar-refractivity contribution in [2.24, 2.45) is 0 Å². The second kappa shape index (κ2) is 6.08. The summed E-state index contributed by atoms with van der Waals surface area (Å²) in [5.74, 6) is -1.46. The Balaban J connectivity index is 2.25. The third kappa shape index (κ3) is 3.56. The molecule has 1 atom stereocenters. The molecule has 0 aliphatic carbocycles. The molecule has 1 heterocycles. The fraction of sp³-hybridized carbons (Fsp3) is 0.312. The fourth-order valence-electron chi connectivity index (χ4n) is 2.12. The van der Waals surface area contributed by atoms with Crippen molar-refractivity contribution in [2.75, 3.05) is 5.32 Å². The highest BCUT2D eigenvalue weighted by Crippen LogP contribution is 2.42. The third-order valence-electron chi connectivity index (χ3n) is 3.45. The molecular weight excluding hydrogens is 311 g/mol. The Kier molecular flexibility index (Phi) is 4.51. The van der Waals surface area contributed by atoms with Crippen LogP contribution >= 0.6 is 0 Å². The molecule has 0 radical (unpaired) electrons. The number of carbonyl (C=O) groups excluding carboxylic acids is 1. The van der Waals surface area contributed by atoms with Crippen LogP contribution in [0, 0.1) is 13.8 Å². The number of benzene rings is 1. The van der Waals surface area contributed by atoms with Crippen molar-refractivity contribution in [1.82, 2.24) is 0 Å². The van der Waals surface area contributed by atoms with Crippen molar-refractivity contribution in [3.63, 3.8) is 0 Å². The number of aryl methyl sites for hydroxylation is 2. The maximum Gasteiger partial charge on any atom is 0.425 e. The van der Waals surface area contributed by atoms with Gasteiger partial charge in [0.05, 0.1) is 6.42 Å². The Morgan fingerprint density at radius 3 is 2.35 bits per heavy atom. The van der Waals surface area contributed by atoms with Crippen LogP contribution in [0.5, 0.6) is 0 Å². The second-order valence-corrected chi connectivity index (χ2v) is 5.31. The van der Waals surface area contributed by atoms with Gasteiger partial charge in [0, 0.05) is 5.69 Å². The number of carbonyl (C=O) groups is 1. The Bertz CT molecular complexity index is 709. The Labute approximate surface area is 130 Å². The van der Waals surface area contributed by atoms with Crippen LogP contribution in [0.15, 0.2) is 40.8 Å². The van der Waals surface area contributed by atoms with Crippen LogP contribution in [-0.4, -0.2) is 17.2 Å². The SMILES string of the molecule is Cc1ccc(C(O)(CC(=O)Nc2ccccc2C)C(F)(F)F)o1. The van der Waals surface area contributed by atoms with Gasteiger partial charge in [-0.15, -0.1) is 0 Å². The van der Waals surface area contributed by atoms with Gasteiger partial charge in [-0.1, -0.05) is 18.2 Å². The van der Waals surface area contributed by atoms with Gasteiger partial charge in [0.25, 0.3) is 0 Å². The van der Waals surface area contributed by atoms with Gasteiger partial charge < -0.3 is 14.8 Å². The Hall–Kier alpha value is -2.28. The van der Waals surface area contributed by atoms with Gasteiger partial charge in [0.15, 0.2) is 0 Å². The van der Waals surface area contributed by atoms with E-state index < -0.39 is 29.9 Å². The topological polar surface area (TPSA) is 62.5 Å². The van der Waals surface area contributed by atoms with Gasteiger partial charge in [0.1, 0.15) is 11.5 Å². The van der Waals surface area contributed by atoms with E-state index in [1.807, 2.05) is 0 Å². The van der Waals surface area contributed by atoms with Gasteiger partial charge >= 0.3 is 6.18 Å². The smallest absolute Gasteiger partial charge is 0.425 e. The van der Waals surface area contributed by atoms with Crippen LogP contribution < -0.4 is 5.32 Å².